The summed E-state index contributed by atoms with van der Waals surface area (Å²) in [6.45, 7) is 4.30. The molecule has 1 aliphatic carbocycles. The maximum absolute atomic E-state index is 14.0. The van der Waals surface area contributed by atoms with Crippen LogP contribution in [-0.4, -0.2) is 40.8 Å². The van der Waals surface area contributed by atoms with Gasteiger partial charge in [-0.3, -0.25) is 0 Å². The van der Waals surface area contributed by atoms with Crippen molar-refractivity contribution in [3.8, 4) is 0 Å². The van der Waals surface area contributed by atoms with E-state index in [9.17, 15) is 9.50 Å². The third-order valence-corrected chi connectivity index (χ3v) is 4.38. The lowest BCUT2D eigenvalue weighted by atomic mass is 10.00. The molecule has 1 aromatic heterocycles. The number of aliphatic hydroxyl groups excluding tert-OH is 1. The molecule has 3 unspecified atom stereocenters. The summed E-state index contributed by atoms with van der Waals surface area (Å²) >= 11 is 0. The molecule has 2 heterocycles. The van der Waals surface area contributed by atoms with E-state index in [1.165, 1.54) is 6.20 Å². The molecule has 0 aromatic carbocycles. The van der Waals surface area contributed by atoms with E-state index >= 15 is 0 Å². The Kier molecular flexibility index (Phi) is 3.74. The van der Waals surface area contributed by atoms with Crippen molar-refractivity contribution in [1.82, 2.24) is 9.97 Å². The quantitative estimate of drug-likeness (QED) is 0.878. The number of hydrogen-bond acceptors (Lipinski definition) is 5. The van der Waals surface area contributed by atoms with E-state index in [0.29, 0.717) is 24.2 Å². The Hall–Kier alpha value is -1.43. The van der Waals surface area contributed by atoms with Gasteiger partial charge in [0.2, 0.25) is 5.95 Å². The van der Waals surface area contributed by atoms with Crippen LogP contribution in [0.5, 0.6) is 0 Å². The van der Waals surface area contributed by atoms with Gasteiger partial charge in [0, 0.05) is 25.6 Å². The van der Waals surface area contributed by atoms with Crippen LogP contribution in [0.1, 0.15) is 26.2 Å². The molecule has 3 rings (SSSR count). The average molecular weight is 280 g/mol. The van der Waals surface area contributed by atoms with Crippen LogP contribution in [0.4, 0.5) is 16.2 Å². The van der Waals surface area contributed by atoms with E-state index in [-0.39, 0.29) is 17.8 Å². The van der Waals surface area contributed by atoms with Crippen LogP contribution in [-0.2, 0) is 0 Å². The van der Waals surface area contributed by atoms with Crippen molar-refractivity contribution >= 4 is 11.8 Å². The number of nitrogens with zero attached hydrogens (tertiary/aromatic N) is 3. The molecule has 3 atom stereocenters. The average Bonchev–Trinajstić information content (AvgIpc) is 3.00. The van der Waals surface area contributed by atoms with Gasteiger partial charge in [0.1, 0.15) is 0 Å². The van der Waals surface area contributed by atoms with Crippen molar-refractivity contribution in [2.45, 2.75) is 32.3 Å². The molecule has 0 spiro atoms. The number of hydrogen-bond donors (Lipinski definition) is 2. The van der Waals surface area contributed by atoms with Gasteiger partial charge in [-0.1, -0.05) is 6.92 Å². The zero-order valence-electron chi connectivity index (χ0n) is 11.7. The number of anilines is 2. The Morgan fingerprint density at radius 3 is 3.05 bits per heavy atom. The van der Waals surface area contributed by atoms with Crippen LogP contribution in [0.3, 0.4) is 0 Å². The van der Waals surface area contributed by atoms with Crippen molar-refractivity contribution in [3.63, 3.8) is 0 Å². The summed E-state index contributed by atoms with van der Waals surface area (Å²) in [6, 6.07) is 0. The molecule has 2 N–H and O–H groups in total. The van der Waals surface area contributed by atoms with Gasteiger partial charge < -0.3 is 15.3 Å². The molecule has 2 fully saturated rings. The minimum atomic E-state index is -0.387. The van der Waals surface area contributed by atoms with E-state index in [0.717, 1.165) is 32.4 Å². The minimum Gasteiger partial charge on any atom is -0.393 e. The highest BCUT2D eigenvalue weighted by Crippen LogP contribution is 2.39. The minimum absolute atomic E-state index is 0.243. The Bertz CT molecular complexity index is 484. The first kappa shape index (κ1) is 13.5. The topological polar surface area (TPSA) is 61.3 Å². The first-order valence-electron chi connectivity index (χ1n) is 7.38. The zero-order chi connectivity index (χ0) is 14.1. The van der Waals surface area contributed by atoms with E-state index in [1.54, 1.807) is 0 Å². The number of nitrogens with one attached hydrogen (secondary N) is 1. The van der Waals surface area contributed by atoms with E-state index in [1.807, 2.05) is 4.90 Å². The fraction of sp³-hybridized carbons (Fsp3) is 0.714. The van der Waals surface area contributed by atoms with Gasteiger partial charge in [-0.15, -0.1) is 0 Å². The predicted molar refractivity (Wildman–Crippen MR) is 75.2 cm³/mol. The van der Waals surface area contributed by atoms with Crippen LogP contribution in [0.25, 0.3) is 0 Å². The third kappa shape index (κ3) is 2.44. The summed E-state index contributed by atoms with van der Waals surface area (Å²) in [5.74, 6) is 1.17. The second-order valence-corrected chi connectivity index (χ2v) is 5.77. The second-order valence-electron chi connectivity index (χ2n) is 5.77. The number of rotatable bonds is 4. The molecule has 0 amide bonds. The third-order valence-electron chi connectivity index (χ3n) is 4.38. The van der Waals surface area contributed by atoms with Crippen molar-refractivity contribution in [3.05, 3.63) is 12.0 Å². The lowest BCUT2D eigenvalue weighted by Gasteiger charge is -2.20. The Balaban J connectivity index is 1.76. The molecule has 1 saturated carbocycles. The van der Waals surface area contributed by atoms with Gasteiger partial charge in [-0.05, 0) is 25.2 Å². The Morgan fingerprint density at radius 2 is 2.30 bits per heavy atom. The van der Waals surface area contributed by atoms with Crippen LogP contribution in [0.2, 0.25) is 0 Å². The monoisotopic (exact) mass is 280 g/mol. The molecule has 0 bridgehead atoms. The number of aromatic nitrogens is 2. The molecule has 6 heteroatoms. The summed E-state index contributed by atoms with van der Waals surface area (Å²) in [6.07, 6.45) is 3.85. The smallest absolute Gasteiger partial charge is 0.224 e. The molecular formula is C14H21FN4O. The van der Waals surface area contributed by atoms with Crippen molar-refractivity contribution < 1.29 is 9.50 Å². The maximum atomic E-state index is 14.0. The number of halogens is 1. The highest BCUT2D eigenvalue weighted by Gasteiger charge is 2.42. The fourth-order valence-electron chi connectivity index (χ4n) is 3.31. The maximum Gasteiger partial charge on any atom is 0.224 e. The Labute approximate surface area is 118 Å². The first-order valence-corrected chi connectivity index (χ1v) is 7.38. The molecular weight excluding hydrogens is 259 g/mol. The summed E-state index contributed by atoms with van der Waals surface area (Å²) < 4.78 is 14.0. The van der Waals surface area contributed by atoms with Gasteiger partial charge >= 0.3 is 0 Å². The van der Waals surface area contributed by atoms with Crippen LogP contribution in [0.15, 0.2) is 6.20 Å². The predicted octanol–water partition coefficient (Wildman–Crippen LogP) is 1.64. The molecule has 5 nitrogen and oxygen atoms in total. The Morgan fingerprint density at radius 1 is 1.45 bits per heavy atom. The second kappa shape index (κ2) is 5.52. The van der Waals surface area contributed by atoms with E-state index in [2.05, 4.69) is 22.2 Å². The van der Waals surface area contributed by atoms with Crippen LogP contribution in [0, 0.1) is 17.7 Å². The normalized spacial score (nSPS) is 28.8. The van der Waals surface area contributed by atoms with Crippen molar-refractivity contribution in [2.24, 2.45) is 11.8 Å². The van der Waals surface area contributed by atoms with Crippen molar-refractivity contribution in [2.75, 3.05) is 29.9 Å². The molecule has 1 saturated heterocycles. The van der Waals surface area contributed by atoms with Gasteiger partial charge in [0.25, 0.3) is 0 Å². The molecule has 1 aliphatic heterocycles. The molecule has 0 radical (unpaired) electrons. The van der Waals surface area contributed by atoms with Gasteiger partial charge in [-0.25, -0.2) is 9.37 Å². The lowest BCUT2D eigenvalue weighted by molar-refractivity contribution is 0.133. The summed E-state index contributed by atoms with van der Waals surface area (Å²) in [7, 11) is 0. The van der Waals surface area contributed by atoms with Crippen LogP contribution < -0.4 is 10.2 Å². The summed E-state index contributed by atoms with van der Waals surface area (Å²) in [5, 5.41) is 13.0. The molecule has 20 heavy (non-hydrogen) atoms. The van der Waals surface area contributed by atoms with E-state index < -0.39 is 0 Å². The zero-order valence-corrected chi connectivity index (χ0v) is 11.7. The first-order chi connectivity index (χ1) is 9.69. The highest BCUT2D eigenvalue weighted by molar-refractivity contribution is 5.45. The van der Waals surface area contributed by atoms with Gasteiger partial charge in [-0.2, -0.15) is 4.98 Å². The van der Waals surface area contributed by atoms with Crippen LogP contribution >= 0.6 is 0 Å². The van der Waals surface area contributed by atoms with Gasteiger partial charge in [0.15, 0.2) is 11.6 Å². The van der Waals surface area contributed by atoms with E-state index in [4.69, 9.17) is 0 Å². The van der Waals surface area contributed by atoms with Gasteiger partial charge in [0.05, 0.1) is 12.3 Å². The van der Waals surface area contributed by atoms with Crippen molar-refractivity contribution in [1.29, 1.82) is 0 Å². The SMILES string of the molecule is CCCNc1ncc(F)c(N2CC3CCC(O)C3C2)n1. The largest absolute Gasteiger partial charge is 0.393 e. The lowest BCUT2D eigenvalue weighted by Crippen LogP contribution is -2.26. The molecule has 1 aromatic rings. The number of fused-ring (bicyclic) bond motifs is 1. The highest BCUT2D eigenvalue weighted by atomic mass is 19.1. The standard InChI is InChI=1S/C14H21FN4O/c1-2-5-16-14-17-6-11(15)13(18-14)19-7-9-3-4-12(20)10(9)8-19/h6,9-10,12,20H,2-5,7-8H2,1H3,(H,16,17,18). The summed E-state index contributed by atoms with van der Waals surface area (Å²) in [4.78, 5) is 10.2. The number of aliphatic hydroxyl groups is 1. The fourth-order valence-corrected chi connectivity index (χ4v) is 3.31. The molecule has 2 aliphatic rings. The molecule has 110 valence electrons. The summed E-state index contributed by atoms with van der Waals surface area (Å²) in [5.41, 5.74) is 0.